The summed E-state index contributed by atoms with van der Waals surface area (Å²) >= 11 is 0. The third-order valence-electron chi connectivity index (χ3n) is 7.47. The van der Waals surface area contributed by atoms with Gasteiger partial charge in [-0.3, -0.25) is 9.78 Å². The van der Waals surface area contributed by atoms with Crippen LogP contribution in [0, 0.1) is 5.92 Å². The first-order valence-electron chi connectivity index (χ1n) is 13.7. The van der Waals surface area contributed by atoms with Crippen LogP contribution in [0.5, 0.6) is 0 Å². The lowest BCUT2D eigenvalue weighted by Crippen LogP contribution is -2.46. The van der Waals surface area contributed by atoms with E-state index in [1.165, 1.54) is 23.3 Å². The Balaban J connectivity index is 1.40. The van der Waals surface area contributed by atoms with Crippen molar-refractivity contribution < 1.29 is 19.5 Å². The van der Waals surface area contributed by atoms with Crippen molar-refractivity contribution in [3.05, 3.63) is 131 Å². The number of rotatable bonds is 9. The molecule has 5 rings (SSSR count). The van der Waals surface area contributed by atoms with E-state index in [0.717, 1.165) is 30.4 Å². The van der Waals surface area contributed by atoms with Gasteiger partial charge in [0.1, 0.15) is 0 Å². The number of carboxylic acids is 1. The largest absolute Gasteiger partial charge is 0.478 e. The fourth-order valence-electron chi connectivity index (χ4n) is 5.55. The number of nitrogens with zero attached hydrogens (tertiary/aromatic N) is 2. The van der Waals surface area contributed by atoms with Gasteiger partial charge in [0, 0.05) is 24.6 Å². The summed E-state index contributed by atoms with van der Waals surface area (Å²) in [7, 11) is 0. The summed E-state index contributed by atoms with van der Waals surface area (Å²) in [5.74, 6) is -1.12. The number of hydrogen-bond donors (Lipinski definition) is 3. The van der Waals surface area contributed by atoms with Gasteiger partial charge in [0.05, 0.1) is 18.2 Å². The van der Waals surface area contributed by atoms with Crippen LogP contribution >= 0.6 is 0 Å². The lowest BCUT2D eigenvalue weighted by Gasteiger charge is -2.42. The van der Waals surface area contributed by atoms with Crippen molar-refractivity contribution in [3.63, 3.8) is 0 Å². The molecule has 2 unspecified atom stereocenters. The zero-order chi connectivity index (χ0) is 28.6. The molecule has 1 heterocycles. The maximum Gasteiger partial charge on any atom is 0.335 e. The highest BCUT2D eigenvalue weighted by atomic mass is 16.4. The minimum absolute atomic E-state index is 0.0582. The number of carboxylic acid groups (broad SMARTS) is 1. The van der Waals surface area contributed by atoms with E-state index in [2.05, 4.69) is 39.9 Å². The molecule has 4 aromatic rings. The summed E-state index contributed by atoms with van der Waals surface area (Å²) in [6.45, 7) is 0.155. The van der Waals surface area contributed by atoms with Gasteiger partial charge in [-0.15, -0.1) is 0 Å². The molecule has 2 atom stereocenters. The number of fused-ring (bicyclic) bond motifs is 1. The van der Waals surface area contributed by atoms with Crippen LogP contribution in [0.2, 0.25) is 0 Å². The molecule has 3 N–H and O–H groups in total. The van der Waals surface area contributed by atoms with Crippen LogP contribution in [0.1, 0.15) is 45.1 Å². The molecule has 0 fully saturated rings. The molecule has 1 aliphatic carbocycles. The van der Waals surface area contributed by atoms with E-state index in [-0.39, 0.29) is 30.0 Å². The predicted octanol–water partition coefficient (Wildman–Crippen LogP) is 5.48. The van der Waals surface area contributed by atoms with Gasteiger partial charge in [-0.25, -0.2) is 9.59 Å². The molecule has 0 bridgehead atoms. The van der Waals surface area contributed by atoms with Crippen LogP contribution < -0.4 is 10.6 Å². The second kappa shape index (κ2) is 12.9. The SMILES string of the molecule is O=C(NCC(=O)N(Cc1ccncc1)C1c2ccccc2CCC1Cc1ccccc1)Nc1cccc(C(=O)O)c1. The van der Waals surface area contributed by atoms with Crippen molar-refractivity contribution in [2.45, 2.75) is 31.8 Å². The van der Waals surface area contributed by atoms with Gasteiger partial charge >= 0.3 is 12.0 Å². The van der Waals surface area contributed by atoms with Crippen LogP contribution in [0.3, 0.4) is 0 Å². The van der Waals surface area contributed by atoms with E-state index in [9.17, 15) is 19.5 Å². The molecule has 0 spiro atoms. The predicted molar refractivity (Wildman–Crippen MR) is 156 cm³/mol. The molecule has 0 saturated carbocycles. The highest BCUT2D eigenvalue weighted by molar-refractivity contribution is 5.94. The molecular formula is C33H32N4O4. The first kappa shape index (κ1) is 27.6. The average molecular weight is 549 g/mol. The second-order valence-corrected chi connectivity index (χ2v) is 10.2. The van der Waals surface area contributed by atoms with E-state index in [1.54, 1.807) is 24.5 Å². The highest BCUT2D eigenvalue weighted by Gasteiger charge is 2.36. The van der Waals surface area contributed by atoms with Crippen molar-refractivity contribution in [1.82, 2.24) is 15.2 Å². The summed E-state index contributed by atoms with van der Waals surface area (Å²) in [4.78, 5) is 43.9. The fraction of sp³-hybridized carbons (Fsp3) is 0.212. The van der Waals surface area contributed by atoms with Gasteiger partial charge in [-0.2, -0.15) is 0 Å². The molecule has 3 aromatic carbocycles. The van der Waals surface area contributed by atoms with Crippen molar-refractivity contribution in [2.75, 3.05) is 11.9 Å². The van der Waals surface area contributed by atoms with Gasteiger partial charge < -0.3 is 20.6 Å². The number of anilines is 1. The number of carbonyl (C=O) groups excluding carboxylic acids is 2. The monoisotopic (exact) mass is 548 g/mol. The van der Waals surface area contributed by atoms with E-state index in [4.69, 9.17) is 0 Å². The number of aryl methyl sites for hydroxylation is 1. The Labute approximate surface area is 239 Å². The lowest BCUT2D eigenvalue weighted by molar-refractivity contribution is -0.135. The summed E-state index contributed by atoms with van der Waals surface area (Å²) in [6.07, 6.45) is 6.13. The van der Waals surface area contributed by atoms with E-state index in [0.29, 0.717) is 12.2 Å². The number of carbonyl (C=O) groups is 3. The number of aromatic carboxylic acids is 1. The molecular weight excluding hydrogens is 516 g/mol. The quantitative estimate of drug-likeness (QED) is 0.257. The van der Waals surface area contributed by atoms with Crippen molar-refractivity contribution >= 4 is 23.6 Å². The zero-order valence-corrected chi connectivity index (χ0v) is 22.6. The summed E-state index contributed by atoms with van der Waals surface area (Å²) in [5.41, 5.74) is 4.93. The molecule has 1 aliphatic rings. The van der Waals surface area contributed by atoms with E-state index < -0.39 is 12.0 Å². The average Bonchev–Trinajstić information content (AvgIpc) is 3.00. The minimum atomic E-state index is -1.09. The van der Waals surface area contributed by atoms with Gasteiger partial charge in [-0.1, -0.05) is 60.7 Å². The Kier molecular flexibility index (Phi) is 8.69. The molecule has 1 aromatic heterocycles. The van der Waals surface area contributed by atoms with E-state index >= 15 is 0 Å². The molecule has 0 aliphatic heterocycles. The summed E-state index contributed by atoms with van der Waals surface area (Å²) in [6, 6.07) is 27.6. The maximum atomic E-state index is 13.9. The number of urea groups is 1. The Morgan fingerprint density at radius 3 is 2.41 bits per heavy atom. The zero-order valence-electron chi connectivity index (χ0n) is 22.6. The van der Waals surface area contributed by atoms with Crippen LogP contribution in [0.4, 0.5) is 10.5 Å². The normalized spacial score (nSPS) is 15.8. The maximum absolute atomic E-state index is 13.9. The van der Waals surface area contributed by atoms with Crippen molar-refractivity contribution in [3.8, 4) is 0 Å². The first-order chi connectivity index (χ1) is 20.0. The summed E-state index contributed by atoms with van der Waals surface area (Å²) < 4.78 is 0. The molecule has 8 heteroatoms. The second-order valence-electron chi connectivity index (χ2n) is 10.2. The lowest BCUT2D eigenvalue weighted by atomic mass is 9.76. The van der Waals surface area contributed by atoms with Gasteiger partial charge in [0.25, 0.3) is 0 Å². The van der Waals surface area contributed by atoms with E-state index in [1.807, 2.05) is 47.4 Å². The van der Waals surface area contributed by atoms with Crippen molar-refractivity contribution in [1.29, 1.82) is 0 Å². The number of nitrogens with one attached hydrogen (secondary N) is 2. The Hall–Kier alpha value is -4.98. The highest BCUT2D eigenvalue weighted by Crippen LogP contribution is 2.41. The topological polar surface area (TPSA) is 112 Å². The summed E-state index contributed by atoms with van der Waals surface area (Å²) in [5, 5.41) is 14.5. The number of hydrogen-bond acceptors (Lipinski definition) is 4. The van der Waals surface area contributed by atoms with Crippen LogP contribution in [-0.2, 0) is 24.2 Å². The third kappa shape index (κ3) is 6.97. The number of pyridine rings is 1. The van der Waals surface area contributed by atoms with Crippen LogP contribution in [0.25, 0.3) is 0 Å². The smallest absolute Gasteiger partial charge is 0.335 e. The number of benzene rings is 3. The minimum Gasteiger partial charge on any atom is -0.478 e. The van der Waals surface area contributed by atoms with Gasteiger partial charge in [0.15, 0.2) is 0 Å². The number of aromatic nitrogens is 1. The Bertz CT molecular complexity index is 1510. The molecule has 208 valence electrons. The Morgan fingerprint density at radius 2 is 1.63 bits per heavy atom. The van der Waals surface area contributed by atoms with Crippen LogP contribution in [0.15, 0.2) is 103 Å². The molecule has 0 saturated heterocycles. The molecule has 41 heavy (non-hydrogen) atoms. The van der Waals surface area contributed by atoms with Gasteiger partial charge in [-0.05, 0) is 77.8 Å². The molecule has 0 radical (unpaired) electrons. The molecule has 3 amide bonds. The third-order valence-corrected chi connectivity index (χ3v) is 7.47. The van der Waals surface area contributed by atoms with Crippen molar-refractivity contribution in [2.24, 2.45) is 5.92 Å². The van der Waals surface area contributed by atoms with Crippen LogP contribution in [-0.4, -0.2) is 39.4 Å². The first-order valence-corrected chi connectivity index (χ1v) is 13.7. The molecule has 8 nitrogen and oxygen atoms in total. The number of amides is 3. The van der Waals surface area contributed by atoms with Gasteiger partial charge in [0.2, 0.25) is 5.91 Å². The fourth-order valence-corrected chi connectivity index (χ4v) is 5.55. The standard InChI is InChI=1S/C33H32N4O4/c38-30(21-35-33(41)36-28-11-6-10-27(20-28)32(39)40)37(22-24-15-17-34-18-16-24)31-26(19-23-7-2-1-3-8-23)14-13-25-9-4-5-12-29(25)31/h1-12,15-18,20,26,31H,13-14,19,21-22H2,(H,39,40)(H2,35,36,41). The Morgan fingerprint density at radius 1 is 0.878 bits per heavy atom.